The van der Waals surface area contributed by atoms with Gasteiger partial charge in [-0.05, 0) is 30.5 Å². The van der Waals surface area contributed by atoms with Gasteiger partial charge in [0.2, 0.25) is 0 Å². The zero-order chi connectivity index (χ0) is 15.9. The van der Waals surface area contributed by atoms with Crippen LogP contribution in [0.1, 0.15) is 18.4 Å². The van der Waals surface area contributed by atoms with Crippen LogP contribution in [0.2, 0.25) is 0 Å². The van der Waals surface area contributed by atoms with Gasteiger partial charge in [-0.25, -0.2) is 14.6 Å². The average Bonchev–Trinajstić information content (AvgIpc) is 2.47. The molecular weight excluding hydrogens is 303 g/mol. The third kappa shape index (κ3) is 4.30. The van der Waals surface area contributed by atoms with E-state index in [9.17, 15) is 14.0 Å². The van der Waals surface area contributed by atoms with Crippen molar-refractivity contribution in [3.05, 3.63) is 35.6 Å². The van der Waals surface area contributed by atoms with Crippen LogP contribution in [-0.4, -0.2) is 30.1 Å². The second-order valence-corrected chi connectivity index (χ2v) is 4.59. The molecule has 0 fully saturated rings. The van der Waals surface area contributed by atoms with E-state index in [1.165, 1.54) is 31.4 Å². The first-order valence-electron chi connectivity index (χ1n) is 6.13. The highest BCUT2D eigenvalue weighted by atomic mass is 35.5. The summed E-state index contributed by atoms with van der Waals surface area (Å²) < 4.78 is 18.4. The largest absolute Gasteiger partial charge is 0.464 e. The molecule has 1 aromatic rings. The summed E-state index contributed by atoms with van der Waals surface area (Å²) in [7, 11) is 1.32. The molecule has 2 amide bonds. The van der Waals surface area contributed by atoms with Crippen molar-refractivity contribution in [2.45, 2.75) is 18.4 Å². The number of hydrazine groups is 1. The number of nitrogens with one attached hydrogen (secondary N) is 2. The zero-order valence-corrected chi connectivity index (χ0v) is 12.1. The smallest absolute Gasteiger partial charge is 0.423 e. The molecule has 0 aliphatic heterocycles. The first kappa shape index (κ1) is 17.2. The minimum absolute atomic E-state index is 0.214. The van der Waals surface area contributed by atoms with Crippen molar-refractivity contribution >= 4 is 23.6 Å². The molecule has 0 aliphatic carbocycles. The van der Waals surface area contributed by atoms with Crippen LogP contribution in [0, 0.1) is 5.82 Å². The molecular formula is C13H16ClFN2O4. The Kier molecular flexibility index (Phi) is 6.39. The van der Waals surface area contributed by atoms with Crippen LogP contribution in [0.3, 0.4) is 0 Å². The van der Waals surface area contributed by atoms with Crippen molar-refractivity contribution in [1.29, 1.82) is 0 Å². The Morgan fingerprint density at radius 3 is 2.43 bits per heavy atom. The van der Waals surface area contributed by atoms with E-state index in [-0.39, 0.29) is 6.42 Å². The Hall–Kier alpha value is -1.86. The summed E-state index contributed by atoms with van der Waals surface area (Å²) in [6.07, 6.45) is -0.747. The number of rotatable bonds is 6. The van der Waals surface area contributed by atoms with E-state index in [0.29, 0.717) is 17.9 Å². The standard InChI is InChI=1S/C13H16ClFN2O4/c1-21-13(7-2-8-14,11(18)16-17-12(19)20)9-3-5-10(15)6-4-9/h3-6,17H,2,7-8H2,1H3,(H,16,18)(H,19,20). The molecule has 0 spiro atoms. The summed E-state index contributed by atoms with van der Waals surface area (Å²) in [5.41, 5.74) is 2.77. The van der Waals surface area contributed by atoms with Crippen LogP contribution in [-0.2, 0) is 15.1 Å². The lowest BCUT2D eigenvalue weighted by atomic mass is 9.88. The van der Waals surface area contributed by atoms with E-state index in [4.69, 9.17) is 21.4 Å². The molecule has 1 atom stereocenters. The molecule has 8 heteroatoms. The zero-order valence-electron chi connectivity index (χ0n) is 11.4. The molecule has 116 valence electrons. The molecule has 0 heterocycles. The third-order valence-corrected chi connectivity index (χ3v) is 3.24. The molecule has 0 saturated carbocycles. The van der Waals surface area contributed by atoms with Gasteiger partial charge < -0.3 is 9.84 Å². The Morgan fingerprint density at radius 1 is 1.33 bits per heavy atom. The van der Waals surface area contributed by atoms with Crippen LogP contribution in [0.15, 0.2) is 24.3 Å². The number of amides is 2. The quantitative estimate of drug-likeness (QED) is 0.553. The van der Waals surface area contributed by atoms with Crippen LogP contribution < -0.4 is 10.9 Å². The van der Waals surface area contributed by atoms with Crippen LogP contribution in [0.25, 0.3) is 0 Å². The van der Waals surface area contributed by atoms with E-state index >= 15 is 0 Å². The lowest BCUT2D eigenvalue weighted by Gasteiger charge is -2.31. The van der Waals surface area contributed by atoms with Crippen molar-refractivity contribution in [2.24, 2.45) is 0 Å². The summed E-state index contributed by atoms with van der Waals surface area (Å²) in [4.78, 5) is 22.8. The molecule has 0 saturated heterocycles. The van der Waals surface area contributed by atoms with Crippen LogP contribution >= 0.6 is 11.6 Å². The van der Waals surface area contributed by atoms with Crippen molar-refractivity contribution in [3.63, 3.8) is 0 Å². The fraction of sp³-hybridized carbons (Fsp3) is 0.385. The number of carbonyl (C=O) groups is 2. The lowest BCUT2D eigenvalue weighted by Crippen LogP contribution is -2.52. The normalized spacial score (nSPS) is 13.3. The maximum Gasteiger partial charge on any atom is 0.423 e. The van der Waals surface area contributed by atoms with Crippen molar-refractivity contribution in [2.75, 3.05) is 13.0 Å². The fourth-order valence-corrected chi connectivity index (χ4v) is 2.08. The fourth-order valence-electron chi connectivity index (χ4n) is 1.95. The van der Waals surface area contributed by atoms with Gasteiger partial charge >= 0.3 is 6.09 Å². The molecule has 3 N–H and O–H groups in total. The molecule has 0 aliphatic rings. The van der Waals surface area contributed by atoms with Crippen LogP contribution in [0.4, 0.5) is 9.18 Å². The van der Waals surface area contributed by atoms with E-state index < -0.39 is 23.4 Å². The number of halogens is 2. The Bertz CT molecular complexity index is 497. The van der Waals surface area contributed by atoms with Gasteiger partial charge in [0.25, 0.3) is 5.91 Å². The topological polar surface area (TPSA) is 87.7 Å². The van der Waals surface area contributed by atoms with E-state index in [1.807, 2.05) is 5.43 Å². The van der Waals surface area contributed by atoms with Crippen molar-refractivity contribution in [3.8, 4) is 0 Å². The van der Waals surface area contributed by atoms with Crippen molar-refractivity contribution in [1.82, 2.24) is 10.9 Å². The molecule has 1 unspecified atom stereocenters. The van der Waals surface area contributed by atoms with E-state index in [0.717, 1.165) is 0 Å². The van der Waals surface area contributed by atoms with Gasteiger partial charge in [-0.1, -0.05) is 12.1 Å². The Morgan fingerprint density at radius 2 is 1.95 bits per heavy atom. The predicted molar refractivity (Wildman–Crippen MR) is 74.3 cm³/mol. The molecule has 1 rings (SSSR count). The summed E-state index contributed by atoms with van der Waals surface area (Å²) in [5, 5.41) is 8.55. The average molecular weight is 319 g/mol. The SMILES string of the molecule is COC(CCCCl)(C(=O)NNC(=O)O)c1ccc(F)cc1. The molecule has 21 heavy (non-hydrogen) atoms. The highest BCUT2D eigenvalue weighted by molar-refractivity contribution is 6.17. The van der Waals surface area contributed by atoms with Gasteiger partial charge in [0, 0.05) is 13.0 Å². The van der Waals surface area contributed by atoms with E-state index in [1.54, 1.807) is 5.43 Å². The summed E-state index contributed by atoms with van der Waals surface area (Å²) in [6, 6.07) is 5.21. The number of methoxy groups -OCH3 is 1. The predicted octanol–water partition coefficient (Wildman–Crippen LogP) is 1.99. The number of carbonyl (C=O) groups excluding carboxylic acids is 1. The monoisotopic (exact) mass is 318 g/mol. The number of hydrogen-bond acceptors (Lipinski definition) is 3. The summed E-state index contributed by atoms with van der Waals surface area (Å²) >= 11 is 5.65. The second kappa shape index (κ2) is 7.80. The van der Waals surface area contributed by atoms with Gasteiger partial charge in [0.1, 0.15) is 5.82 Å². The highest BCUT2D eigenvalue weighted by Crippen LogP contribution is 2.31. The third-order valence-electron chi connectivity index (χ3n) is 2.97. The van der Waals surface area contributed by atoms with Gasteiger partial charge in [-0.15, -0.1) is 11.6 Å². The summed E-state index contributed by atoms with van der Waals surface area (Å²) in [6.45, 7) is 0. The number of alkyl halides is 1. The molecule has 0 radical (unpaired) electrons. The molecule has 0 bridgehead atoms. The second-order valence-electron chi connectivity index (χ2n) is 4.21. The molecule has 0 aromatic heterocycles. The highest BCUT2D eigenvalue weighted by Gasteiger charge is 2.40. The number of ether oxygens (including phenoxy) is 1. The lowest BCUT2D eigenvalue weighted by molar-refractivity contribution is -0.147. The first-order valence-corrected chi connectivity index (χ1v) is 6.66. The minimum atomic E-state index is -1.45. The van der Waals surface area contributed by atoms with Gasteiger partial charge in [0.15, 0.2) is 5.60 Å². The van der Waals surface area contributed by atoms with E-state index in [2.05, 4.69) is 0 Å². The van der Waals surface area contributed by atoms with Gasteiger partial charge in [-0.3, -0.25) is 10.2 Å². The van der Waals surface area contributed by atoms with Gasteiger partial charge in [0.05, 0.1) is 0 Å². The minimum Gasteiger partial charge on any atom is -0.464 e. The number of hydrogen-bond donors (Lipinski definition) is 3. The molecule has 1 aromatic carbocycles. The van der Waals surface area contributed by atoms with Crippen molar-refractivity contribution < 1.29 is 23.8 Å². The number of carboxylic acid groups (broad SMARTS) is 1. The molecule has 6 nitrogen and oxygen atoms in total. The number of benzene rings is 1. The maximum absolute atomic E-state index is 13.0. The maximum atomic E-state index is 13.0. The Balaban J connectivity index is 3.10. The van der Waals surface area contributed by atoms with Crippen LogP contribution in [0.5, 0.6) is 0 Å². The summed E-state index contributed by atoms with van der Waals surface area (Å²) in [5.74, 6) is -0.861. The Labute approximate surface area is 126 Å². The first-order chi connectivity index (χ1) is 9.96. The van der Waals surface area contributed by atoms with Gasteiger partial charge in [-0.2, -0.15) is 0 Å².